The molecule has 1 aromatic heterocycles. The number of anilines is 1. The van der Waals surface area contributed by atoms with Gasteiger partial charge in [-0.05, 0) is 64.9 Å². The molecular weight excluding hydrogens is 402 g/mol. The minimum Gasteiger partial charge on any atom is -0.462 e. The predicted octanol–water partition coefficient (Wildman–Crippen LogP) is 5.73. The van der Waals surface area contributed by atoms with E-state index in [9.17, 15) is 14.4 Å². The second-order valence-electron chi connectivity index (χ2n) is 8.28. The summed E-state index contributed by atoms with van der Waals surface area (Å²) in [6, 6.07) is 0. The van der Waals surface area contributed by atoms with E-state index in [1.165, 1.54) is 19.3 Å². The summed E-state index contributed by atoms with van der Waals surface area (Å²) in [6.45, 7) is 9.37. The first-order valence-electron chi connectivity index (χ1n) is 11.1. The van der Waals surface area contributed by atoms with E-state index in [1.54, 1.807) is 27.7 Å². The van der Waals surface area contributed by atoms with Gasteiger partial charge in [0.1, 0.15) is 9.88 Å². The molecule has 1 amide bonds. The molecule has 0 spiro atoms. The molecule has 1 fully saturated rings. The Morgan fingerprint density at radius 1 is 1.10 bits per heavy atom. The number of hydrogen-bond acceptors (Lipinski definition) is 6. The first-order chi connectivity index (χ1) is 14.3. The van der Waals surface area contributed by atoms with Gasteiger partial charge in [-0.2, -0.15) is 0 Å². The highest BCUT2D eigenvalue weighted by atomic mass is 32.1. The maximum Gasteiger partial charge on any atom is 0.348 e. The fourth-order valence-corrected chi connectivity index (χ4v) is 5.01. The lowest BCUT2D eigenvalue weighted by atomic mass is 9.79. The molecule has 30 heavy (non-hydrogen) atoms. The zero-order valence-corrected chi connectivity index (χ0v) is 19.7. The van der Waals surface area contributed by atoms with Gasteiger partial charge in [-0.3, -0.25) is 4.79 Å². The average Bonchev–Trinajstić information content (AvgIpc) is 3.02. The molecule has 0 saturated heterocycles. The number of ether oxygens (including phenoxy) is 2. The van der Waals surface area contributed by atoms with Gasteiger partial charge in [0.05, 0.1) is 18.3 Å². The van der Waals surface area contributed by atoms with Crippen LogP contribution in [0, 0.1) is 18.8 Å². The van der Waals surface area contributed by atoms with E-state index in [0.717, 1.165) is 37.0 Å². The first-order valence-corrected chi connectivity index (χ1v) is 11.9. The molecule has 7 heteroatoms. The monoisotopic (exact) mass is 437 g/mol. The van der Waals surface area contributed by atoms with Crippen LogP contribution in [-0.2, 0) is 14.3 Å². The lowest BCUT2D eigenvalue weighted by molar-refractivity contribution is -0.121. The Labute approximate surface area is 183 Å². The average molecular weight is 438 g/mol. The Bertz CT molecular complexity index is 747. The summed E-state index contributed by atoms with van der Waals surface area (Å²) in [4.78, 5) is 38.2. The minimum atomic E-state index is -0.534. The van der Waals surface area contributed by atoms with Crippen LogP contribution in [0.5, 0.6) is 0 Å². The first kappa shape index (κ1) is 24.4. The van der Waals surface area contributed by atoms with Crippen LogP contribution >= 0.6 is 11.3 Å². The molecule has 0 bridgehead atoms. The van der Waals surface area contributed by atoms with Crippen LogP contribution in [-0.4, -0.2) is 30.6 Å². The van der Waals surface area contributed by atoms with Gasteiger partial charge in [0.2, 0.25) is 5.91 Å². The van der Waals surface area contributed by atoms with Crippen molar-refractivity contribution < 1.29 is 23.9 Å². The summed E-state index contributed by atoms with van der Waals surface area (Å²) < 4.78 is 10.5. The predicted molar refractivity (Wildman–Crippen MR) is 119 cm³/mol. The number of esters is 2. The third-order valence-corrected chi connectivity index (χ3v) is 6.76. The largest absolute Gasteiger partial charge is 0.462 e. The van der Waals surface area contributed by atoms with Gasteiger partial charge in [0.15, 0.2) is 0 Å². The summed E-state index contributed by atoms with van der Waals surface area (Å²) in [5.74, 6) is -0.459. The Morgan fingerprint density at radius 3 is 2.33 bits per heavy atom. The number of rotatable bonds is 9. The number of unbranched alkanes of at least 4 members (excludes halogenated alkanes) is 1. The lowest BCUT2D eigenvalue weighted by Gasteiger charge is -2.27. The van der Waals surface area contributed by atoms with Gasteiger partial charge in [-0.25, -0.2) is 9.59 Å². The number of carbonyl (C=O) groups is 3. The molecule has 0 atom stereocenters. The van der Waals surface area contributed by atoms with Crippen molar-refractivity contribution in [2.24, 2.45) is 11.8 Å². The summed E-state index contributed by atoms with van der Waals surface area (Å²) in [7, 11) is 0. The van der Waals surface area contributed by atoms with Crippen molar-refractivity contribution in [3.8, 4) is 0 Å². The van der Waals surface area contributed by atoms with Crippen LogP contribution in [0.2, 0.25) is 0 Å². The molecule has 1 aliphatic rings. The van der Waals surface area contributed by atoms with Crippen molar-refractivity contribution >= 4 is 34.2 Å². The van der Waals surface area contributed by atoms with E-state index < -0.39 is 11.9 Å². The van der Waals surface area contributed by atoms with Crippen LogP contribution in [0.1, 0.15) is 98.2 Å². The fraction of sp³-hybridized carbons (Fsp3) is 0.696. The number of hydrogen-bond donors (Lipinski definition) is 1. The molecule has 1 saturated carbocycles. The van der Waals surface area contributed by atoms with E-state index in [4.69, 9.17) is 9.47 Å². The third-order valence-electron chi connectivity index (χ3n) is 5.57. The molecule has 1 aliphatic carbocycles. The SMILES string of the molecule is CCCCC1CCC(C(=O)Nc2sc(C(=O)OC(C)C)c(C)c2C(=O)OCC)CC1. The van der Waals surface area contributed by atoms with E-state index in [-0.39, 0.29) is 30.1 Å². The van der Waals surface area contributed by atoms with Crippen molar-refractivity contribution in [2.75, 3.05) is 11.9 Å². The molecule has 168 valence electrons. The van der Waals surface area contributed by atoms with Crippen molar-refractivity contribution in [3.05, 3.63) is 16.0 Å². The summed E-state index contributed by atoms with van der Waals surface area (Å²) in [5.41, 5.74) is 0.741. The maximum atomic E-state index is 12.9. The second-order valence-corrected chi connectivity index (χ2v) is 9.30. The molecule has 1 heterocycles. The van der Waals surface area contributed by atoms with Crippen LogP contribution in [0.25, 0.3) is 0 Å². The molecule has 6 nitrogen and oxygen atoms in total. The third kappa shape index (κ3) is 6.30. The molecule has 1 aromatic rings. The molecule has 0 aliphatic heterocycles. The highest BCUT2D eigenvalue weighted by molar-refractivity contribution is 7.18. The number of carbonyl (C=O) groups excluding carboxylic acids is 3. The minimum absolute atomic E-state index is 0.0635. The van der Waals surface area contributed by atoms with Crippen molar-refractivity contribution in [1.82, 2.24) is 0 Å². The quantitative estimate of drug-likeness (QED) is 0.499. The number of thiophene rings is 1. The van der Waals surface area contributed by atoms with Crippen LogP contribution in [0.3, 0.4) is 0 Å². The van der Waals surface area contributed by atoms with Gasteiger partial charge < -0.3 is 14.8 Å². The standard InChI is InChI=1S/C23H35NO5S/c1-6-8-9-16-10-12-17(13-11-16)20(25)24-21-18(22(26)28-7-2)15(5)19(30-21)23(27)29-14(3)4/h14,16-17H,6-13H2,1-5H3,(H,24,25). The summed E-state index contributed by atoms with van der Waals surface area (Å²) >= 11 is 1.09. The van der Waals surface area contributed by atoms with Crippen LogP contribution in [0.4, 0.5) is 5.00 Å². The van der Waals surface area contributed by atoms with E-state index in [2.05, 4.69) is 12.2 Å². The van der Waals surface area contributed by atoms with E-state index >= 15 is 0 Å². The van der Waals surface area contributed by atoms with Crippen LogP contribution < -0.4 is 5.32 Å². The molecule has 1 N–H and O–H groups in total. The van der Waals surface area contributed by atoms with E-state index in [0.29, 0.717) is 21.4 Å². The smallest absolute Gasteiger partial charge is 0.348 e. The highest BCUT2D eigenvalue weighted by Gasteiger charge is 2.31. The van der Waals surface area contributed by atoms with Crippen molar-refractivity contribution in [2.45, 2.75) is 85.7 Å². The number of nitrogens with one attached hydrogen (secondary N) is 1. The Kier molecular flexibility index (Phi) is 9.34. The van der Waals surface area contributed by atoms with Crippen molar-refractivity contribution in [3.63, 3.8) is 0 Å². The molecule has 0 unspecified atom stereocenters. The lowest BCUT2D eigenvalue weighted by Crippen LogP contribution is -2.27. The normalized spacial score (nSPS) is 18.9. The zero-order valence-electron chi connectivity index (χ0n) is 18.8. The Morgan fingerprint density at radius 2 is 1.77 bits per heavy atom. The highest BCUT2D eigenvalue weighted by Crippen LogP contribution is 2.37. The van der Waals surface area contributed by atoms with Gasteiger partial charge in [0.25, 0.3) is 0 Å². The van der Waals surface area contributed by atoms with Gasteiger partial charge in [0, 0.05) is 5.92 Å². The molecule has 2 rings (SSSR count). The Hall–Kier alpha value is -1.89. The zero-order chi connectivity index (χ0) is 22.3. The summed E-state index contributed by atoms with van der Waals surface area (Å²) in [6.07, 6.45) is 7.28. The van der Waals surface area contributed by atoms with Gasteiger partial charge in [-0.1, -0.05) is 26.2 Å². The maximum absolute atomic E-state index is 12.9. The van der Waals surface area contributed by atoms with Gasteiger partial charge in [-0.15, -0.1) is 11.3 Å². The van der Waals surface area contributed by atoms with Crippen LogP contribution in [0.15, 0.2) is 0 Å². The van der Waals surface area contributed by atoms with Gasteiger partial charge >= 0.3 is 11.9 Å². The molecular formula is C23H35NO5S. The Balaban J connectivity index is 2.16. The second kappa shape index (κ2) is 11.5. The molecule has 0 aromatic carbocycles. The van der Waals surface area contributed by atoms with Crippen molar-refractivity contribution in [1.29, 1.82) is 0 Å². The topological polar surface area (TPSA) is 81.7 Å². The summed E-state index contributed by atoms with van der Waals surface area (Å²) in [5, 5.41) is 3.29. The van der Waals surface area contributed by atoms with E-state index in [1.807, 2.05) is 0 Å². The molecule has 0 radical (unpaired) electrons. The fourth-order valence-electron chi connectivity index (χ4n) is 3.93. The number of amides is 1.